The Morgan fingerprint density at radius 3 is 2.73 bits per heavy atom. The smallest absolute Gasteiger partial charge is 0.184 e. The molecule has 5 nitrogen and oxygen atoms in total. The molecule has 1 N–H and O–H groups in total. The van der Waals surface area contributed by atoms with Gasteiger partial charge in [-0.1, -0.05) is 37.3 Å². The zero-order valence-corrected chi connectivity index (χ0v) is 13.6. The molecule has 0 amide bonds. The number of methoxy groups -OCH3 is 1. The van der Waals surface area contributed by atoms with Gasteiger partial charge in [-0.05, 0) is 5.75 Å². The summed E-state index contributed by atoms with van der Waals surface area (Å²) in [6.45, 7) is 2.46. The molecule has 22 heavy (non-hydrogen) atoms. The normalized spacial score (nSPS) is 38.5. The maximum Gasteiger partial charge on any atom is 0.184 e. The van der Waals surface area contributed by atoms with Gasteiger partial charge in [-0.3, -0.25) is 0 Å². The Balaban J connectivity index is 1.75. The Morgan fingerprint density at radius 1 is 1.27 bits per heavy atom. The predicted octanol–water partition coefficient (Wildman–Crippen LogP) is 1.95. The SMILES string of the molecule is CCS[C@@H]1O[C@@H]2CO[C@@H](c3ccccc3)O[C@H]2[C@H](OC)[C@H]1O. The molecule has 0 saturated carbocycles. The van der Waals surface area contributed by atoms with Gasteiger partial charge in [0.2, 0.25) is 0 Å². The van der Waals surface area contributed by atoms with Gasteiger partial charge in [-0.2, -0.15) is 0 Å². The third kappa shape index (κ3) is 3.18. The van der Waals surface area contributed by atoms with Crippen molar-refractivity contribution in [3.8, 4) is 0 Å². The van der Waals surface area contributed by atoms with Crippen LogP contribution in [-0.4, -0.2) is 54.4 Å². The Hall–Kier alpha value is -0.630. The van der Waals surface area contributed by atoms with Gasteiger partial charge >= 0.3 is 0 Å². The average Bonchev–Trinajstić information content (AvgIpc) is 2.56. The highest BCUT2D eigenvalue weighted by atomic mass is 32.2. The first-order valence-electron chi connectivity index (χ1n) is 7.54. The fraction of sp³-hybridized carbons (Fsp3) is 0.625. The second-order valence-electron chi connectivity index (χ2n) is 5.37. The molecule has 2 aliphatic rings. The molecule has 1 aromatic rings. The number of hydrogen-bond acceptors (Lipinski definition) is 6. The fourth-order valence-electron chi connectivity index (χ4n) is 2.92. The third-order valence-corrected chi connectivity index (χ3v) is 5.03. The van der Waals surface area contributed by atoms with E-state index in [2.05, 4.69) is 0 Å². The standard InChI is InChI=1S/C16H22O5S/c1-3-22-16-12(17)14(18-2)13-11(20-16)9-19-15(21-13)10-7-5-4-6-8-10/h4-8,11-17H,3,9H2,1-2H3/t11-,12-,13-,14-,15-,16+/m1/s1. The Labute approximate surface area is 134 Å². The van der Waals surface area contributed by atoms with Crippen molar-refractivity contribution >= 4 is 11.8 Å². The van der Waals surface area contributed by atoms with E-state index in [9.17, 15) is 5.11 Å². The van der Waals surface area contributed by atoms with Crippen molar-refractivity contribution in [1.29, 1.82) is 0 Å². The minimum absolute atomic E-state index is 0.225. The van der Waals surface area contributed by atoms with Crippen molar-refractivity contribution in [3.05, 3.63) is 35.9 Å². The monoisotopic (exact) mass is 326 g/mol. The quantitative estimate of drug-likeness (QED) is 0.913. The number of aliphatic hydroxyl groups is 1. The summed E-state index contributed by atoms with van der Waals surface area (Å²) in [5.41, 5.74) is 0.645. The molecule has 0 aromatic heterocycles. The van der Waals surface area contributed by atoms with Crippen LogP contribution in [0.5, 0.6) is 0 Å². The Bertz CT molecular complexity index is 471. The summed E-state index contributed by atoms with van der Waals surface area (Å²) < 4.78 is 23.3. The van der Waals surface area contributed by atoms with Crippen LogP contribution in [0.1, 0.15) is 18.8 Å². The summed E-state index contributed by atoms with van der Waals surface area (Å²) in [6.07, 6.45) is -2.15. The van der Waals surface area contributed by atoms with E-state index in [-0.39, 0.29) is 17.6 Å². The molecule has 3 rings (SSSR count). The Morgan fingerprint density at radius 2 is 2.05 bits per heavy atom. The van der Waals surface area contributed by atoms with Crippen molar-refractivity contribution in [1.82, 2.24) is 0 Å². The summed E-state index contributed by atoms with van der Waals surface area (Å²) in [7, 11) is 1.60. The van der Waals surface area contributed by atoms with Gasteiger partial charge in [-0.25, -0.2) is 0 Å². The summed E-state index contributed by atoms with van der Waals surface area (Å²) in [5.74, 6) is 0.865. The molecule has 1 aromatic carbocycles. The van der Waals surface area contributed by atoms with Gasteiger partial charge in [0.25, 0.3) is 0 Å². The van der Waals surface area contributed by atoms with Crippen LogP contribution in [0.4, 0.5) is 0 Å². The molecule has 6 heteroatoms. The molecule has 2 heterocycles. The highest BCUT2D eigenvalue weighted by Crippen LogP contribution is 2.37. The fourth-order valence-corrected chi connectivity index (χ4v) is 3.82. The highest BCUT2D eigenvalue weighted by Gasteiger charge is 2.49. The van der Waals surface area contributed by atoms with E-state index in [1.54, 1.807) is 18.9 Å². The lowest BCUT2D eigenvalue weighted by Crippen LogP contribution is -2.61. The van der Waals surface area contributed by atoms with E-state index >= 15 is 0 Å². The van der Waals surface area contributed by atoms with E-state index in [4.69, 9.17) is 18.9 Å². The molecule has 2 fully saturated rings. The molecule has 0 spiro atoms. The topological polar surface area (TPSA) is 57.2 Å². The summed E-state index contributed by atoms with van der Waals surface area (Å²) in [4.78, 5) is 0. The number of benzene rings is 1. The molecule has 0 bridgehead atoms. The number of hydrogen-bond donors (Lipinski definition) is 1. The van der Waals surface area contributed by atoms with Crippen molar-refractivity contribution in [2.75, 3.05) is 19.5 Å². The van der Waals surface area contributed by atoms with Crippen LogP contribution in [0, 0.1) is 0 Å². The molecular formula is C16H22O5S. The zero-order chi connectivity index (χ0) is 15.5. The summed E-state index contributed by atoms with van der Waals surface area (Å²) in [5, 5.41) is 10.5. The average molecular weight is 326 g/mol. The second kappa shape index (κ2) is 7.29. The van der Waals surface area contributed by atoms with E-state index < -0.39 is 18.5 Å². The second-order valence-corrected chi connectivity index (χ2v) is 6.74. The van der Waals surface area contributed by atoms with E-state index in [1.807, 2.05) is 37.3 Å². The van der Waals surface area contributed by atoms with Gasteiger partial charge in [0.15, 0.2) is 6.29 Å². The van der Waals surface area contributed by atoms with E-state index in [1.165, 1.54) is 0 Å². The first-order chi connectivity index (χ1) is 10.7. The van der Waals surface area contributed by atoms with Crippen LogP contribution in [0.3, 0.4) is 0 Å². The molecular weight excluding hydrogens is 304 g/mol. The number of rotatable bonds is 4. The van der Waals surface area contributed by atoms with Crippen molar-refractivity contribution in [2.45, 2.75) is 43.1 Å². The van der Waals surface area contributed by atoms with Crippen LogP contribution >= 0.6 is 11.8 Å². The molecule has 0 unspecified atom stereocenters. The minimum Gasteiger partial charge on any atom is -0.387 e. The van der Waals surface area contributed by atoms with Gasteiger partial charge in [0.05, 0.1) is 6.61 Å². The number of aliphatic hydroxyl groups excluding tert-OH is 1. The van der Waals surface area contributed by atoms with Crippen molar-refractivity contribution in [2.24, 2.45) is 0 Å². The zero-order valence-electron chi connectivity index (χ0n) is 12.8. The van der Waals surface area contributed by atoms with Crippen LogP contribution in [0.15, 0.2) is 30.3 Å². The predicted molar refractivity (Wildman–Crippen MR) is 83.6 cm³/mol. The highest BCUT2D eigenvalue weighted by molar-refractivity contribution is 7.99. The van der Waals surface area contributed by atoms with Crippen molar-refractivity contribution < 1.29 is 24.1 Å². The van der Waals surface area contributed by atoms with Crippen LogP contribution < -0.4 is 0 Å². The van der Waals surface area contributed by atoms with Gasteiger partial charge in [0, 0.05) is 12.7 Å². The minimum atomic E-state index is -0.717. The number of thioether (sulfide) groups is 1. The maximum absolute atomic E-state index is 10.5. The molecule has 6 atom stereocenters. The lowest BCUT2D eigenvalue weighted by molar-refractivity contribution is -0.321. The largest absolute Gasteiger partial charge is 0.387 e. The number of fused-ring (bicyclic) bond motifs is 1. The number of ether oxygens (including phenoxy) is 4. The molecule has 2 saturated heterocycles. The third-order valence-electron chi connectivity index (χ3n) is 3.98. The van der Waals surface area contributed by atoms with Crippen LogP contribution in [0.25, 0.3) is 0 Å². The van der Waals surface area contributed by atoms with Crippen molar-refractivity contribution in [3.63, 3.8) is 0 Å². The van der Waals surface area contributed by atoms with Crippen LogP contribution in [-0.2, 0) is 18.9 Å². The molecule has 0 aliphatic carbocycles. The Kier molecular flexibility index (Phi) is 5.38. The lowest BCUT2D eigenvalue weighted by Gasteiger charge is -2.47. The van der Waals surface area contributed by atoms with Gasteiger partial charge in [0.1, 0.15) is 29.9 Å². The first-order valence-corrected chi connectivity index (χ1v) is 8.59. The van der Waals surface area contributed by atoms with Gasteiger partial charge in [-0.15, -0.1) is 11.8 Å². The van der Waals surface area contributed by atoms with Gasteiger partial charge < -0.3 is 24.1 Å². The van der Waals surface area contributed by atoms with E-state index in [0.29, 0.717) is 6.61 Å². The summed E-state index contributed by atoms with van der Waals surface area (Å²) in [6, 6.07) is 9.77. The first kappa shape index (κ1) is 16.2. The molecule has 2 aliphatic heterocycles. The molecule has 0 radical (unpaired) electrons. The maximum atomic E-state index is 10.5. The lowest BCUT2D eigenvalue weighted by atomic mass is 9.98. The van der Waals surface area contributed by atoms with Crippen LogP contribution in [0.2, 0.25) is 0 Å². The molecule has 122 valence electrons. The summed E-state index contributed by atoms with van der Waals surface area (Å²) >= 11 is 1.57. The van der Waals surface area contributed by atoms with E-state index in [0.717, 1.165) is 11.3 Å².